The second-order valence-electron chi connectivity index (χ2n) is 7.20. The van der Waals surface area contributed by atoms with Crippen LogP contribution < -0.4 is 10.6 Å². The molecule has 0 aliphatic rings. The molecule has 0 saturated carbocycles. The second-order valence-corrected chi connectivity index (χ2v) is 8.06. The summed E-state index contributed by atoms with van der Waals surface area (Å²) in [7, 11) is 0. The third kappa shape index (κ3) is 5.80. The Morgan fingerprint density at radius 2 is 2.03 bits per heavy atom. The van der Waals surface area contributed by atoms with Crippen LogP contribution in [0.4, 0.5) is 5.13 Å². The molecule has 8 heteroatoms. The summed E-state index contributed by atoms with van der Waals surface area (Å²) in [4.78, 5) is 28.4. The zero-order valence-electron chi connectivity index (χ0n) is 16.7. The van der Waals surface area contributed by atoms with Gasteiger partial charge in [0.1, 0.15) is 11.3 Å². The van der Waals surface area contributed by atoms with Gasteiger partial charge in [-0.05, 0) is 31.4 Å². The standard InChI is InChI=1S/C21H25N3O4S/c1-13(2)8-9-22-21-24-16(12-29-21)20(26)27-11-19(25)23-14(3)18-10-15-6-4-5-7-17(15)28-18/h4-7,10,12-14H,8-9,11H2,1-3H3,(H,22,24)(H,23,25)/t14-/m0/s1. The molecular formula is C21H25N3O4S. The number of carbonyl (C=O) groups is 2. The van der Waals surface area contributed by atoms with E-state index in [1.54, 1.807) is 5.38 Å². The van der Waals surface area contributed by atoms with Crippen molar-refractivity contribution in [2.75, 3.05) is 18.5 Å². The molecule has 1 aromatic carbocycles. The van der Waals surface area contributed by atoms with Crippen molar-refractivity contribution >= 4 is 39.3 Å². The number of hydrogen-bond donors (Lipinski definition) is 2. The molecule has 0 aliphatic carbocycles. The Hall–Kier alpha value is -2.87. The molecule has 0 unspecified atom stereocenters. The number of carbonyl (C=O) groups excluding carboxylic acids is 2. The third-order valence-corrected chi connectivity index (χ3v) is 5.09. The molecule has 29 heavy (non-hydrogen) atoms. The Morgan fingerprint density at radius 3 is 2.79 bits per heavy atom. The number of aromatic nitrogens is 1. The number of thiazole rings is 1. The van der Waals surface area contributed by atoms with Crippen molar-refractivity contribution in [2.45, 2.75) is 33.2 Å². The first-order valence-corrected chi connectivity index (χ1v) is 10.4. The van der Waals surface area contributed by atoms with Crippen molar-refractivity contribution in [1.29, 1.82) is 0 Å². The Morgan fingerprint density at radius 1 is 1.24 bits per heavy atom. The average molecular weight is 416 g/mol. The summed E-state index contributed by atoms with van der Waals surface area (Å²) in [5, 5.41) is 9.20. The van der Waals surface area contributed by atoms with E-state index in [9.17, 15) is 9.59 Å². The van der Waals surface area contributed by atoms with Crippen LogP contribution in [0.2, 0.25) is 0 Å². The van der Waals surface area contributed by atoms with Crippen LogP contribution in [0.3, 0.4) is 0 Å². The van der Waals surface area contributed by atoms with Gasteiger partial charge in [0.05, 0.1) is 6.04 Å². The lowest BCUT2D eigenvalue weighted by molar-refractivity contribution is -0.125. The van der Waals surface area contributed by atoms with Gasteiger partial charge in [0, 0.05) is 17.3 Å². The molecule has 2 aromatic heterocycles. The molecule has 1 amide bonds. The monoisotopic (exact) mass is 415 g/mol. The molecule has 0 saturated heterocycles. The normalized spacial score (nSPS) is 12.1. The minimum atomic E-state index is -0.621. The number of nitrogens with zero attached hydrogens (tertiary/aromatic N) is 1. The van der Waals surface area contributed by atoms with Crippen LogP contribution in [0.25, 0.3) is 11.0 Å². The number of amides is 1. The van der Waals surface area contributed by atoms with Crippen LogP contribution in [-0.2, 0) is 9.53 Å². The van der Waals surface area contributed by atoms with E-state index < -0.39 is 11.9 Å². The molecule has 0 bridgehead atoms. The number of furan rings is 1. The van der Waals surface area contributed by atoms with E-state index in [4.69, 9.17) is 9.15 Å². The van der Waals surface area contributed by atoms with Gasteiger partial charge in [-0.3, -0.25) is 4.79 Å². The number of hydrogen-bond acceptors (Lipinski definition) is 7. The summed E-state index contributed by atoms with van der Waals surface area (Å²) in [5.41, 5.74) is 0.955. The molecule has 7 nitrogen and oxygen atoms in total. The average Bonchev–Trinajstić information content (AvgIpc) is 3.32. The van der Waals surface area contributed by atoms with E-state index in [0.29, 0.717) is 16.8 Å². The van der Waals surface area contributed by atoms with E-state index in [0.717, 1.165) is 23.9 Å². The first-order chi connectivity index (χ1) is 13.9. The van der Waals surface area contributed by atoms with Gasteiger partial charge in [0.25, 0.3) is 5.91 Å². The van der Waals surface area contributed by atoms with Crippen molar-refractivity contribution in [3.8, 4) is 0 Å². The van der Waals surface area contributed by atoms with Crippen molar-refractivity contribution in [3.63, 3.8) is 0 Å². The first kappa shape index (κ1) is 20.9. The smallest absolute Gasteiger partial charge is 0.358 e. The predicted octanol–water partition coefficient (Wildman–Crippen LogP) is 4.38. The number of ether oxygens (including phenoxy) is 1. The summed E-state index contributed by atoms with van der Waals surface area (Å²) in [6.45, 7) is 6.52. The van der Waals surface area contributed by atoms with Crippen molar-refractivity contribution in [1.82, 2.24) is 10.3 Å². The molecule has 0 spiro atoms. The summed E-state index contributed by atoms with van der Waals surface area (Å²) in [6.07, 6.45) is 1.02. The van der Waals surface area contributed by atoms with Crippen molar-refractivity contribution < 1.29 is 18.7 Å². The summed E-state index contributed by atoms with van der Waals surface area (Å²) >= 11 is 1.34. The van der Waals surface area contributed by atoms with E-state index in [-0.39, 0.29) is 18.3 Å². The number of fused-ring (bicyclic) bond motifs is 1. The summed E-state index contributed by atoms with van der Waals surface area (Å²) < 4.78 is 10.8. The fraction of sp³-hybridized carbons (Fsp3) is 0.381. The number of anilines is 1. The Balaban J connectivity index is 1.46. The maximum absolute atomic E-state index is 12.1. The van der Waals surface area contributed by atoms with Gasteiger partial charge in [0.2, 0.25) is 0 Å². The molecule has 1 atom stereocenters. The SMILES string of the molecule is CC(C)CCNc1nc(C(=O)OCC(=O)N[C@@H](C)c2cc3ccccc3o2)cs1. The van der Waals surface area contributed by atoms with Gasteiger partial charge in [-0.2, -0.15) is 0 Å². The van der Waals surface area contributed by atoms with Crippen LogP contribution in [-0.4, -0.2) is 30.0 Å². The van der Waals surface area contributed by atoms with Gasteiger partial charge < -0.3 is 19.8 Å². The van der Waals surface area contributed by atoms with Gasteiger partial charge in [-0.1, -0.05) is 32.0 Å². The van der Waals surface area contributed by atoms with E-state index in [1.165, 1.54) is 11.3 Å². The molecule has 2 heterocycles. The van der Waals surface area contributed by atoms with Crippen LogP contribution >= 0.6 is 11.3 Å². The number of benzene rings is 1. The molecule has 3 rings (SSSR count). The highest BCUT2D eigenvalue weighted by molar-refractivity contribution is 7.13. The zero-order chi connectivity index (χ0) is 20.8. The van der Waals surface area contributed by atoms with Crippen LogP contribution in [0.1, 0.15) is 49.5 Å². The van der Waals surface area contributed by atoms with Crippen LogP contribution in [0.5, 0.6) is 0 Å². The number of rotatable bonds is 9. The number of nitrogens with one attached hydrogen (secondary N) is 2. The van der Waals surface area contributed by atoms with Crippen LogP contribution in [0.15, 0.2) is 40.1 Å². The van der Waals surface area contributed by atoms with Gasteiger partial charge >= 0.3 is 5.97 Å². The minimum absolute atomic E-state index is 0.195. The lowest BCUT2D eigenvalue weighted by Gasteiger charge is -2.11. The zero-order valence-corrected chi connectivity index (χ0v) is 17.5. The molecule has 2 N–H and O–H groups in total. The molecule has 0 radical (unpaired) electrons. The Bertz CT molecular complexity index is 946. The minimum Gasteiger partial charge on any atom is -0.459 e. The summed E-state index contributed by atoms with van der Waals surface area (Å²) in [5.74, 6) is 0.205. The molecule has 3 aromatic rings. The topological polar surface area (TPSA) is 93.5 Å². The maximum Gasteiger partial charge on any atom is 0.358 e. The fourth-order valence-corrected chi connectivity index (χ4v) is 3.40. The fourth-order valence-electron chi connectivity index (χ4n) is 2.69. The van der Waals surface area contributed by atoms with E-state index in [1.807, 2.05) is 37.3 Å². The van der Waals surface area contributed by atoms with E-state index in [2.05, 4.69) is 29.5 Å². The Labute approximate surface area is 173 Å². The quantitative estimate of drug-likeness (QED) is 0.504. The van der Waals surface area contributed by atoms with E-state index >= 15 is 0 Å². The largest absolute Gasteiger partial charge is 0.459 e. The molecule has 0 fully saturated rings. The lowest BCUT2D eigenvalue weighted by atomic mass is 10.1. The van der Waals surface area contributed by atoms with Gasteiger partial charge in [0.15, 0.2) is 17.4 Å². The first-order valence-electron chi connectivity index (χ1n) is 9.56. The molecule has 0 aliphatic heterocycles. The van der Waals surface area contributed by atoms with Crippen molar-refractivity contribution in [3.05, 3.63) is 47.2 Å². The highest BCUT2D eigenvalue weighted by Crippen LogP contribution is 2.23. The van der Waals surface area contributed by atoms with Gasteiger partial charge in [-0.15, -0.1) is 11.3 Å². The Kier molecular flexibility index (Phi) is 6.87. The lowest BCUT2D eigenvalue weighted by Crippen LogP contribution is -2.31. The van der Waals surface area contributed by atoms with Crippen LogP contribution in [0, 0.1) is 5.92 Å². The summed E-state index contributed by atoms with van der Waals surface area (Å²) in [6, 6.07) is 9.17. The highest BCUT2D eigenvalue weighted by atomic mass is 32.1. The number of para-hydroxylation sites is 1. The highest BCUT2D eigenvalue weighted by Gasteiger charge is 2.17. The maximum atomic E-state index is 12.1. The van der Waals surface area contributed by atoms with Gasteiger partial charge in [-0.25, -0.2) is 9.78 Å². The third-order valence-electron chi connectivity index (χ3n) is 4.29. The molecular weight excluding hydrogens is 390 g/mol. The van der Waals surface area contributed by atoms with Crippen molar-refractivity contribution in [2.24, 2.45) is 5.92 Å². The predicted molar refractivity (Wildman–Crippen MR) is 113 cm³/mol. The number of esters is 1. The molecule has 154 valence electrons. The second kappa shape index (κ2) is 9.56.